The van der Waals surface area contributed by atoms with Crippen molar-refractivity contribution in [2.45, 2.75) is 12.2 Å². The van der Waals surface area contributed by atoms with Gasteiger partial charge in [0.05, 0.1) is 19.8 Å². The maximum Gasteiger partial charge on any atom is 0.0558 e. The molecule has 0 aliphatic heterocycles. The van der Waals surface area contributed by atoms with E-state index >= 15 is 0 Å². The molecule has 0 rings (SSSR count). The van der Waals surface area contributed by atoms with Crippen LogP contribution in [-0.2, 0) is 0 Å². The van der Waals surface area contributed by atoms with Crippen LogP contribution in [0.4, 0.5) is 0 Å². The molecule has 0 heterocycles. The molecular formula is C10H22GeNO3. The zero-order chi connectivity index (χ0) is 11.9. The first kappa shape index (κ1) is 17.5. The molecular weight excluding hydrogens is 255 g/mol. The topological polar surface area (TPSA) is 63.9 Å². The van der Waals surface area contributed by atoms with E-state index in [1.165, 1.54) is 0 Å². The van der Waals surface area contributed by atoms with Gasteiger partial charge in [-0.3, -0.25) is 4.90 Å². The maximum atomic E-state index is 8.48. The average Bonchev–Trinajstić information content (AvgIpc) is 2.21. The van der Waals surface area contributed by atoms with Crippen LogP contribution in [0.2, 0.25) is 5.25 Å². The van der Waals surface area contributed by atoms with Crippen molar-refractivity contribution >= 4 is 16.5 Å². The van der Waals surface area contributed by atoms with Crippen molar-refractivity contribution in [2.75, 3.05) is 39.5 Å². The number of aliphatic hydroxyl groups is 3. The SMILES string of the molecule is C/C=C\[CH2][Ge].OCCN(CCO)CCO. The second kappa shape index (κ2) is 16.5. The van der Waals surface area contributed by atoms with Gasteiger partial charge >= 0.3 is 40.8 Å². The van der Waals surface area contributed by atoms with Gasteiger partial charge in [0.25, 0.3) is 0 Å². The Bertz CT molecular complexity index is 120. The minimum Gasteiger partial charge on any atom is -0.395 e. The van der Waals surface area contributed by atoms with E-state index in [0.717, 1.165) is 5.25 Å². The van der Waals surface area contributed by atoms with Crippen LogP contribution < -0.4 is 0 Å². The van der Waals surface area contributed by atoms with Crippen molar-refractivity contribution in [2.24, 2.45) is 0 Å². The summed E-state index contributed by atoms with van der Waals surface area (Å²) in [5.41, 5.74) is 0. The molecule has 0 spiro atoms. The first-order valence-electron chi connectivity index (χ1n) is 5.07. The van der Waals surface area contributed by atoms with Gasteiger partial charge in [-0.1, -0.05) is 0 Å². The molecule has 4 nitrogen and oxygen atoms in total. The van der Waals surface area contributed by atoms with Crippen molar-refractivity contribution in [3.05, 3.63) is 12.2 Å². The fourth-order valence-electron chi connectivity index (χ4n) is 0.878. The van der Waals surface area contributed by atoms with Crippen LogP contribution in [0.15, 0.2) is 12.2 Å². The van der Waals surface area contributed by atoms with Crippen LogP contribution in [0.1, 0.15) is 6.92 Å². The predicted octanol–water partition coefficient (Wildman–Crippen LogP) is -0.585. The third-order valence-electron chi connectivity index (χ3n) is 1.60. The summed E-state index contributed by atoms with van der Waals surface area (Å²) in [7, 11) is 0. The Hall–Kier alpha value is 0.123. The third-order valence-corrected chi connectivity index (χ3v) is 2.10. The van der Waals surface area contributed by atoms with Crippen molar-refractivity contribution in [3.63, 3.8) is 0 Å². The van der Waals surface area contributed by atoms with E-state index in [2.05, 4.69) is 28.7 Å². The summed E-state index contributed by atoms with van der Waals surface area (Å²) >= 11 is 2.12. The van der Waals surface area contributed by atoms with Crippen LogP contribution in [0.5, 0.6) is 0 Å². The molecule has 0 saturated heterocycles. The van der Waals surface area contributed by atoms with Crippen LogP contribution in [0.3, 0.4) is 0 Å². The number of allylic oxidation sites excluding steroid dienone is 2. The van der Waals surface area contributed by atoms with Gasteiger partial charge in [-0.05, 0) is 0 Å². The van der Waals surface area contributed by atoms with Crippen LogP contribution in [-0.4, -0.2) is 76.2 Å². The van der Waals surface area contributed by atoms with Crippen LogP contribution >= 0.6 is 0 Å². The third kappa shape index (κ3) is 16.8. The molecule has 0 aromatic carbocycles. The number of nitrogens with zero attached hydrogens (tertiary/aromatic N) is 1. The van der Waals surface area contributed by atoms with Gasteiger partial charge in [0.2, 0.25) is 0 Å². The molecule has 0 aromatic rings. The first-order valence-corrected chi connectivity index (χ1v) is 6.55. The van der Waals surface area contributed by atoms with Gasteiger partial charge in [0, 0.05) is 19.6 Å². The maximum absolute atomic E-state index is 8.48. The van der Waals surface area contributed by atoms with Gasteiger partial charge in [-0.25, -0.2) is 0 Å². The number of hydrogen-bond acceptors (Lipinski definition) is 4. The Labute approximate surface area is 101 Å². The second-order valence-electron chi connectivity index (χ2n) is 2.79. The molecule has 0 aromatic heterocycles. The van der Waals surface area contributed by atoms with Gasteiger partial charge in [-0.2, -0.15) is 0 Å². The zero-order valence-electron chi connectivity index (χ0n) is 9.39. The summed E-state index contributed by atoms with van der Waals surface area (Å²) in [4.78, 5) is 1.79. The Kier molecular flexibility index (Phi) is 19.3. The molecule has 15 heavy (non-hydrogen) atoms. The molecule has 0 aliphatic carbocycles. The summed E-state index contributed by atoms with van der Waals surface area (Å²) in [6, 6.07) is 0. The van der Waals surface area contributed by atoms with Crippen molar-refractivity contribution in [1.29, 1.82) is 0 Å². The summed E-state index contributed by atoms with van der Waals surface area (Å²) in [5, 5.41) is 26.6. The molecule has 0 fully saturated rings. The summed E-state index contributed by atoms with van der Waals surface area (Å²) in [6.45, 7) is 3.78. The van der Waals surface area contributed by atoms with Crippen molar-refractivity contribution < 1.29 is 15.3 Å². The molecule has 0 unspecified atom stereocenters. The quantitative estimate of drug-likeness (QED) is 0.430. The second-order valence-corrected chi connectivity index (χ2v) is 3.64. The van der Waals surface area contributed by atoms with Crippen LogP contribution in [0.25, 0.3) is 0 Å². The summed E-state index contributed by atoms with van der Waals surface area (Å²) < 4.78 is 0. The molecule has 0 bridgehead atoms. The molecule has 0 amide bonds. The van der Waals surface area contributed by atoms with Crippen molar-refractivity contribution in [3.8, 4) is 0 Å². The number of hydrogen-bond donors (Lipinski definition) is 3. The van der Waals surface area contributed by atoms with Gasteiger partial charge in [-0.15, -0.1) is 0 Å². The fourth-order valence-corrected chi connectivity index (χ4v) is 1.37. The molecule has 3 radical (unpaired) electrons. The Morgan fingerprint density at radius 2 is 1.40 bits per heavy atom. The minimum absolute atomic E-state index is 0.0694. The van der Waals surface area contributed by atoms with Gasteiger partial charge in [0.1, 0.15) is 0 Å². The molecule has 5 heteroatoms. The van der Waals surface area contributed by atoms with E-state index in [-0.39, 0.29) is 19.8 Å². The number of aliphatic hydroxyl groups excluding tert-OH is 3. The van der Waals surface area contributed by atoms with Gasteiger partial charge < -0.3 is 15.3 Å². The molecule has 0 atom stereocenters. The van der Waals surface area contributed by atoms with Crippen molar-refractivity contribution in [1.82, 2.24) is 4.90 Å². The van der Waals surface area contributed by atoms with E-state index in [1.54, 1.807) is 4.90 Å². The molecule has 3 N–H and O–H groups in total. The Morgan fingerprint density at radius 1 is 1.00 bits per heavy atom. The smallest absolute Gasteiger partial charge is 0.0558 e. The largest absolute Gasteiger partial charge is 0.395 e. The summed E-state index contributed by atoms with van der Waals surface area (Å²) in [6.07, 6.45) is 4.18. The first-order chi connectivity index (χ1) is 7.26. The van der Waals surface area contributed by atoms with Crippen LogP contribution in [0, 0.1) is 0 Å². The van der Waals surface area contributed by atoms with Gasteiger partial charge in [0.15, 0.2) is 0 Å². The molecule has 0 aliphatic rings. The van der Waals surface area contributed by atoms with E-state index < -0.39 is 0 Å². The van der Waals surface area contributed by atoms with E-state index in [0.29, 0.717) is 19.6 Å². The van der Waals surface area contributed by atoms with E-state index in [4.69, 9.17) is 15.3 Å². The fraction of sp³-hybridized carbons (Fsp3) is 0.800. The molecule has 89 valence electrons. The monoisotopic (exact) mass is 278 g/mol. The standard InChI is InChI=1S/C6H15NO3.C4H7Ge/c8-4-1-7(2-5-9)3-6-10;1-2-3-4-5/h8-10H,1-6H2;2-3H,4H2,1H3/b;3-2-. The van der Waals surface area contributed by atoms with E-state index in [9.17, 15) is 0 Å². The summed E-state index contributed by atoms with van der Waals surface area (Å²) in [5.74, 6) is 0. The average molecular weight is 277 g/mol. The molecule has 0 saturated carbocycles. The zero-order valence-corrected chi connectivity index (χ0v) is 11.5. The Morgan fingerprint density at radius 3 is 1.53 bits per heavy atom. The normalized spacial score (nSPS) is 10.5. The van der Waals surface area contributed by atoms with E-state index in [1.807, 2.05) is 6.92 Å². The number of rotatable bonds is 7. The Balaban J connectivity index is 0. The minimum atomic E-state index is 0.0694. The predicted molar refractivity (Wildman–Crippen MR) is 63.1 cm³/mol.